The van der Waals surface area contributed by atoms with Gasteiger partial charge in [0.15, 0.2) is 0 Å². The molecular weight excluding hydrogens is 520 g/mol. The quantitative estimate of drug-likeness (QED) is 0.488. The first-order valence-electron chi connectivity index (χ1n) is 10.6. The fraction of sp³-hybridized carbons (Fsp3) is 0.167. The van der Waals surface area contributed by atoms with E-state index >= 15 is 0 Å². The number of halogens is 4. The van der Waals surface area contributed by atoms with E-state index in [9.17, 15) is 45.8 Å². The predicted molar refractivity (Wildman–Crippen MR) is 122 cm³/mol. The number of amides is 1. The van der Waals surface area contributed by atoms with Crippen molar-refractivity contribution in [3.8, 4) is 5.75 Å². The number of benzene rings is 3. The molecule has 194 valence electrons. The molecule has 0 bridgehead atoms. The number of anilines is 1. The summed E-state index contributed by atoms with van der Waals surface area (Å²) in [5.41, 5.74) is -2.33. The zero-order valence-corrected chi connectivity index (χ0v) is 19.5. The lowest BCUT2D eigenvalue weighted by atomic mass is 10.0. The largest absolute Gasteiger partial charge is 0.508 e. The van der Waals surface area contributed by atoms with Crippen LogP contribution in [0.1, 0.15) is 21.5 Å². The van der Waals surface area contributed by atoms with Gasteiger partial charge in [-0.2, -0.15) is 17.5 Å². The van der Waals surface area contributed by atoms with Crippen LogP contribution < -0.4 is 4.90 Å². The minimum absolute atomic E-state index is 0.000365. The summed E-state index contributed by atoms with van der Waals surface area (Å²) in [7, 11) is -4.52. The summed E-state index contributed by atoms with van der Waals surface area (Å²) >= 11 is 0. The van der Waals surface area contributed by atoms with E-state index in [4.69, 9.17) is 0 Å². The van der Waals surface area contributed by atoms with E-state index in [-0.39, 0.29) is 28.0 Å². The van der Waals surface area contributed by atoms with Crippen molar-refractivity contribution in [2.75, 3.05) is 11.4 Å². The number of sulfonamides is 1. The molecule has 1 aliphatic heterocycles. The molecule has 37 heavy (non-hydrogen) atoms. The summed E-state index contributed by atoms with van der Waals surface area (Å²) in [6, 6.07) is 9.61. The summed E-state index contributed by atoms with van der Waals surface area (Å²) < 4.78 is 82.0. The van der Waals surface area contributed by atoms with Gasteiger partial charge in [0.2, 0.25) is 10.0 Å². The molecule has 3 aromatic rings. The summed E-state index contributed by atoms with van der Waals surface area (Å²) in [4.78, 5) is 26.1. The highest BCUT2D eigenvalue weighted by Gasteiger charge is 2.43. The van der Waals surface area contributed by atoms with Crippen LogP contribution in [0, 0.1) is 5.82 Å². The number of alkyl halides is 3. The summed E-state index contributed by atoms with van der Waals surface area (Å²) in [6.45, 7) is -1.35. The number of nitrogens with zero attached hydrogens (tertiary/aromatic N) is 2. The number of carbonyl (C=O) groups is 2. The minimum atomic E-state index is -5.10. The van der Waals surface area contributed by atoms with Gasteiger partial charge in [-0.3, -0.25) is 9.59 Å². The van der Waals surface area contributed by atoms with Gasteiger partial charge in [0, 0.05) is 12.2 Å². The zero-order valence-electron chi connectivity index (χ0n) is 18.7. The molecule has 0 aromatic heterocycles. The molecule has 8 nitrogen and oxygen atoms in total. The maximum Gasteiger partial charge on any atom is 0.417 e. The van der Waals surface area contributed by atoms with E-state index in [1.807, 2.05) is 0 Å². The monoisotopic (exact) mass is 538 g/mol. The molecular formula is C24H18F4N2O6S. The van der Waals surface area contributed by atoms with Gasteiger partial charge in [0.1, 0.15) is 17.6 Å². The smallest absolute Gasteiger partial charge is 0.417 e. The Labute approximate surface area is 208 Å². The Hall–Kier alpha value is -3.97. The Morgan fingerprint density at radius 1 is 0.973 bits per heavy atom. The molecule has 1 unspecified atom stereocenters. The molecule has 0 saturated carbocycles. The van der Waals surface area contributed by atoms with Gasteiger partial charge in [-0.1, -0.05) is 18.2 Å². The van der Waals surface area contributed by atoms with Gasteiger partial charge in [-0.15, -0.1) is 0 Å². The number of carboxylic acid groups (broad SMARTS) is 1. The standard InChI is InChI=1S/C24H18F4N2O6S/c25-15-5-10-18(19(11-15)24(26,27)28)22(32)29-13-21(23(33)34)30(12-14-3-1-2-4-20(14)29)37(35,36)17-8-6-16(31)7-9-17/h1-11,21,31H,12-13H2,(H,33,34). The maximum atomic E-state index is 13.6. The first-order valence-corrected chi connectivity index (χ1v) is 12.0. The number of aromatic hydroxyl groups is 1. The van der Waals surface area contributed by atoms with Crippen molar-refractivity contribution in [3.63, 3.8) is 0 Å². The molecule has 0 fully saturated rings. The average Bonchev–Trinajstić information content (AvgIpc) is 3.01. The van der Waals surface area contributed by atoms with E-state index in [0.29, 0.717) is 16.4 Å². The van der Waals surface area contributed by atoms with E-state index < -0.39 is 64.2 Å². The summed E-state index contributed by atoms with van der Waals surface area (Å²) in [5.74, 6) is -4.39. The Balaban J connectivity index is 1.86. The number of carbonyl (C=O) groups excluding carboxylic acids is 1. The van der Waals surface area contributed by atoms with E-state index in [2.05, 4.69) is 0 Å². The van der Waals surface area contributed by atoms with Crippen molar-refractivity contribution >= 4 is 27.6 Å². The highest BCUT2D eigenvalue weighted by atomic mass is 32.2. The SMILES string of the molecule is O=C(O)C1CN(C(=O)c2ccc(F)cc2C(F)(F)F)c2ccccc2CN1S(=O)(=O)c1ccc(O)cc1. The molecule has 13 heteroatoms. The van der Waals surface area contributed by atoms with E-state index in [1.54, 1.807) is 0 Å². The van der Waals surface area contributed by atoms with E-state index in [1.165, 1.54) is 24.3 Å². The van der Waals surface area contributed by atoms with Crippen molar-refractivity contribution in [1.29, 1.82) is 0 Å². The molecule has 0 aliphatic carbocycles. The van der Waals surface area contributed by atoms with Crippen LogP contribution >= 0.6 is 0 Å². The lowest BCUT2D eigenvalue weighted by Gasteiger charge is -2.29. The topological polar surface area (TPSA) is 115 Å². The Morgan fingerprint density at radius 3 is 2.24 bits per heavy atom. The molecule has 1 aliphatic rings. The number of phenolic OH excluding ortho intramolecular Hbond substituents is 1. The highest BCUT2D eigenvalue weighted by molar-refractivity contribution is 7.89. The van der Waals surface area contributed by atoms with Gasteiger partial charge in [0.05, 0.1) is 22.6 Å². The molecule has 1 heterocycles. The fourth-order valence-electron chi connectivity index (χ4n) is 4.03. The van der Waals surface area contributed by atoms with Crippen molar-refractivity contribution in [2.24, 2.45) is 0 Å². The second kappa shape index (κ2) is 9.48. The number of phenols is 1. The lowest BCUT2D eigenvalue weighted by molar-refractivity contribution is -0.141. The van der Waals surface area contributed by atoms with Gasteiger partial charge in [-0.05, 0) is 54.1 Å². The third kappa shape index (κ3) is 5.00. The normalized spacial score (nSPS) is 16.6. The number of hydrogen-bond acceptors (Lipinski definition) is 5. The first-order chi connectivity index (χ1) is 17.3. The van der Waals surface area contributed by atoms with Gasteiger partial charge < -0.3 is 15.1 Å². The van der Waals surface area contributed by atoms with Gasteiger partial charge in [-0.25, -0.2) is 12.8 Å². The first kappa shape index (κ1) is 26.1. The van der Waals surface area contributed by atoms with Crippen LogP contribution in [-0.4, -0.2) is 47.4 Å². The van der Waals surface area contributed by atoms with Crippen molar-refractivity contribution in [2.45, 2.75) is 23.7 Å². The number of rotatable bonds is 4. The van der Waals surface area contributed by atoms with Crippen LogP contribution in [0.5, 0.6) is 5.75 Å². The number of para-hydroxylation sites is 1. The van der Waals surface area contributed by atoms with Gasteiger partial charge >= 0.3 is 12.1 Å². The Bertz CT molecular complexity index is 1480. The molecule has 1 amide bonds. The third-order valence-electron chi connectivity index (χ3n) is 5.80. The minimum Gasteiger partial charge on any atom is -0.508 e. The summed E-state index contributed by atoms with van der Waals surface area (Å²) in [6.07, 6.45) is -5.10. The maximum absolute atomic E-state index is 13.6. The highest BCUT2D eigenvalue weighted by Crippen LogP contribution is 2.36. The van der Waals surface area contributed by atoms with Crippen molar-refractivity contribution in [3.05, 3.63) is 89.2 Å². The van der Waals surface area contributed by atoms with Crippen LogP contribution in [0.25, 0.3) is 0 Å². The van der Waals surface area contributed by atoms with Crippen LogP contribution in [0.3, 0.4) is 0 Å². The second-order valence-electron chi connectivity index (χ2n) is 8.13. The van der Waals surface area contributed by atoms with Crippen molar-refractivity contribution in [1.82, 2.24) is 4.31 Å². The molecule has 1 atom stereocenters. The molecule has 0 saturated heterocycles. The average molecular weight is 538 g/mol. The number of carboxylic acids is 1. The number of aliphatic carboxylic acids is 1. The molecule has 0 radical (unpaired) electrons. The number of fused-ring (bicyclic) bond motifs is 1. The predicted octanol–water partition coefficient (Wildman–Crippen LogP) is 3.85. The molecule has 0 spiro atoms. The number of hydrogen-bond donors (Lipinski definition) is 2. The van der Waals surface area contributed by atoms with Crippen LogP contribution in [0.15, 0.2) is 71.6 Å². The van der Waals surface area contributed by atoms with Crippen LogP contribution in [0.2, 0.25) is 0 Å². The zero-order chi connectivity index (χ0) is 27.1. The molecule has 2 N–H and O–H groups in total. The second-order valence-corrected chi connectivity index (χ2v) is 10.0. The molecule has 4 rings (SSSR count). The fourth-order valence-corrected chi connectivity index (χ4v) is 5.58. The van der Waals surface area contributed by atoms with Gasteiger partial charge in [0.25, 0.3) is 5.91 Å². The van der Waals surface area contributed by atoms with Crippen LogP contribution in [-0.2, 0) is 27.5 Å². The molecule has 3 aromatic carbocycles. The van der Waals surface area contributed by atoms with Crippen molar-refractivity contribution < 1.29 is 45.8 Å². The third-order valence-corrected chi connectivity index (χ3v) is 7.67. The summed E-state index contributed by atoms with van der Waals surface area (Å²) in [5, 5.41) is 19.4. The Kier molecular flexibility index (Phi) is 6.69. The Morgan fingerprint density at radius 2 is 1.62 bits per heavy atom. The van der Waals surface area contributed by atoms with Crippen LogP contribution in [0.4, 0.5) is 23.2 Å². The van der Waals surface area contributed by atoms with E-state index in [0.717, 1.165) is 29.2 Å². The lowest BCUT2D eigenvalue weighted by Crippen LogP contribution is -2.50.